The molecule has 0 unspecified atom stereocenters. The summed E-state index contributed by atoms with van der Waals surface area (Å²) < 4.78 is 28.3. The largest absolute Gasteiger partial charge is 0.435 e. The van der Waals surface area contributed by atoms with E-state index in [-0.39, 0.29) is 18.2 Å². The molecular formula is C15H21F2NO3. The second-order valence-electron chi connectivity index (χ2n) is 5.58. The van der Waals surface area contributed by atoms with Gasteiger partial charge in [0.2, 0.25) is 5.91 Å². The van der Waals surface area contributed by atoms with E-state index in [4.69, 9.17) is 0 Å². The van der Waals surface area contributed by atoms with Crippen molar-refractivity contribution < 1.29 is 23.4 Å². The van der Waals surface area contributed by atoms with Gasteiger partial charge in [0.25, 0.3) is 0 Å². The van der Waals surface area contributed by atoms with Crippen molar-refractivity contribution in [3.63, 3.8) is 0 Å². The summed E-state index contributed by atoms with van der Waals surface area (Å²) in [6, 6.07) is 6.21. The number of rotatable bonds is 7. The smallest absolute Gasteiger partial charge is 0.387 e. The zero-order valence-corrected chi connectivity index (χ0v) is 12.5. The van der Waals surface area contributed by atoms with Crippen molar-refractivity contribution in [2.45, 2.75) is 38.9 Å². The van der Waals surface area contributed by atoms with Crippen LogP contribution in [0.4, 0.5) is 8.78 Å². The minimum atomic E-state index is -2.84. The Morgan fingerprint density at radius 2 is 1.90 bits per heavy atom. The van der Waals surface area contributed by atoms with Crippen LogP contribution >= 0.6 is 0 Å². The monoisotopic (exact) mass is 301 g/mol. The number of carbonyl (C=O) groups excluding carboxylic acids is 1. The molecule has 0 radical (unpaired) electrons. The van der Waals surface area contributed by atoms with Crippen LogP contribution in [0.25, 0.3) is 0 Å². The van der Waals surface area contributed by atoms with Crippen LogP contribution in [0.2, 0.25) is 0 Å². The summed E-state index contributed by atoms with van der Waals surface area (Å²) in [5.74, 6) is 0.0178. The van der Waals surface area contributed by atoms with E-state index in [9.17, 15) is 18.7 Å². The van der Waals surface area contributed by atoms with Gasteiger partial charge in [-0.1, -0.05) is 12.1 Å². The van der Waals surface area contributed by atoms with Crippen LogP contribution in [-0.4, -0.2) is 41.7 Å². The van der Waals surface area contributed by atoms with Gasteiger partial charge in [-0.15, -0.1) is 0 Å². The number of halogens is 2. The molecule has 6 heteroatoms. The molecule has 0 fully saturated rings. The first kappa shape index (κ1) is 17.4. The quantitative estimate of drug-likeness (QED) is 0.841. The highest BCUT2D eigenvalue weighted by molar-refractivity contribution is 5.76. The third-order valence-corrected chi connectivity index (χ3v) is 2.83. The van der Waals surface area contributed by atoms with Crippen LogP contribution in [0.5, 0.6) is 5.75 Å². The molecule has 0 aliphatic rings. The maximum Gasteiger partial charge on any atom is 0.387 e. The zero-order valence-electron chi connectivity index (χ0n) is 12.5. The number of ether oxygens (including phenoxy) is 1. The topological polar surface area (TPSA) is 49.8 Å². The van der Waals surface area contributed by atoms with Crippen LogP contribution < -0.4 is 4.74 Å². The number of amides is 1. The molecule has 0 aliphatic carbocycles. The van der Waals surface area contributed by atoms with E-state index in [0.29, 0.717) is 12.8 Å². The van der Waals surface area contributed by atoms with E-state index in [2.05, 4.69) is 4.74 Å². The highest BCUT2D eigenvalue weighted by Crippen LogP contribution is 2.16. The maximum atomic E-state index is 12.0. The lowest BCUT2D eigenvalue weighted by Gasteiger charge is -2.25. The number of hydrogen-bond donors (Lipinski definition) is 1. The fourth-order valence-electron chi connectivity index (χ4n) is 1.95. The molecule has 0 saturated carbocycles. The maximum absolute atomic E-state index is 12.0. The summed E-state index contributed by atoms with van der Waals surface area (Å²) in [6.45, 7) is 0.692. The van der Waals surface area contributed by atoms with Crippen molar-refractivity contribution in [2.75, 3.05) is 13.6 Å². The summed E-state index contributed by atoms with van der Waals surface area (Å²) in [5, 5.41) is 9.66. The summed E-state index contributed by atoms with van der Waals surface area (Å²) in [4.78, 5) is 13.4. The molecule has 21 heavy (non-hydrogen) atoms. The number of aliphatic hydroxyl groups is 1. The van der Waals surface area contributed by atoms with Gasteiger partial charge in [-0.2, -0.15) is 8.78 Å². The van der Waals surface area contributed by atoms with Crippen molar-refractivity contribution in [3.05, 3.63) is 29.8 Å². The van der Waals surface area contributed by atoms with Crippen LogP contribution in [0.15, 0.2) is 24.3 Å². The predicted molar refractivity (Wildman–Crippen MR) is 75.3 cm³/mol. The van der Waals surface area contributed by atoms with Gasteiger partial charge in [0.1, 0.15) is 5.75 Å². The van der Waals surface area contributed by atoms with Gasteiger partial charge >= 0.3 is 6.61 Å². The van der Waals surface area contributed by atoms with Gasteiger partial charge < -0.3 is 14.7 Å². The fraction of sp³-hybridized carbons (Fsp3) is 0.533. The molecule has 1 amide bonds. The Bertz CT molecular complexity index is 455. The molecule has 0 bridgehead atoms. The average molecular weight is 301 g/mol. The number of likely N-dealkylation sites (N-methyl/N-ethyl adjacent to an activating group) is 1. The summed E-state index contributed by atoms with van der Waals surface area (Å²) in [5.41, 5.74) is -0.0693. The minimum absolute atomic E-state index is 0.0787. The van der Waals surface area contributed by atoms with Crippen molar-refractivity contribution >= 4 is 5.91 Å². The van der Waals surface area contributed by atoms with Crippen LogP contribution in [0.3, 0.4) is 0 Å². The summed E-state index contributed by atoms with van der Waals surface area (Å²) in [6.07, 6.45) is 0.797. The van der Waals surface area contributed by atoms with E-state index >= 15 is 0 Å². The van der Waals surface area contributed by atoms with Crippen LogP contribution in [0.1, 0.15) is 25.8 Å². The molecule has 0 heterocycles. The zero-order chi connectivity index (χ0) is 16.0. The Labute approximate surface area is 123 Å². The molecule has 0 atom stereocenters. The minimum Gasteiger partial charge on any atom is -0.435 e. The summed E-state index contributed by atoms with van der Waals surface area (Å²) in [7, 11) is 1.64. The standard InChI is InChI=1S/C15H21F2NO3/c1-15(2,20)10-18(3)13(19)9-6-11-4-7-12(8-5-11)21-14(16)17/h4-5,7-8,14,20H,6,9-10H2,1-3H3. The van der Waals surface area contributed by atoms with Crippen LogP contribution in [-0.2, 0) is 11.2 Å². The molecule has 1 N–H and O–H groups in total. The van der Waals surface area contributed by atoms with E-state index in [1.807, 2.05) is 0 Å². The molecule has 0 saturated heterocycles. The van der Waals surface area contributed by atoms with Gasteiger partial charge in [-0.25, -0.2) is 0 Å². The molecular weight excluding hydrogens is 280 g/mol. The molecule has 1 rings (SSSR count). The second kappa shape index (κ2) is 7.36. The number of alkyl halides is 2. The van der Waals surface area contributed by atoms with E-state index in [1.165, 1.54) is 17.0 Å². The van der Waals surface area contributed by atoms with Crippen molar-refractivity contribution in [3.8, 4) is 5.75 Å². The highest BCUT2D eigenvalue weighted by atomic mass is 19.3. The van der Waals surface area contributed by atoms with Gasteiger partial charge in [0, 0.05) is 20.0 Å². The molecule has 0 aromatic heterocycles. The third-order valence-electron chi connectivity index (χ3n) is 2.83. The van der Waals surface area contributed by atoms with Crippen molar-refractivity contribution in [1.29, 1.82) is 0 Å². The van der Waals surface area contributed by atoms with E-state index in [1.54, 1.807) is 33.0 Å². The number of aryl methyl sites for hydroxylation is 1. The first-order valence-corrected chi connectivity index (χ1v) is 6.67. The predicted octanol–water partition coefficient (Wildman–Crippen LogP) is 2.45. The SMILES string of the molecule is CN(CC(C)(C)O)C(=O)CCc1ccc(OC(F)F)cc1. The molecule has 0 spiro atoms. The van der Waals surface area contributed by atoms with Crippen molar-refractivity contribution in [1.82, 2.24) is 4.90 Å². The third kappa shape index (κ3) is 7.04. The Balaban J connectivity index is 2.46. The molecule has 1 aromatic carbocycles. The van der Waals surface area contributed by atoms with E-state index < -0.39 is 12.2 Å². The lowest BCUT2D eigenvalue weighted by Crippen LogP contribution is -2.39. The molecule has 1 aromatic rings. The first-order valence-electron chi connectivity index (χ1n) is 6.67. The average Bonchev–Trinajstić information content (AvgIpc) is 2.34. The van der Waals surface area contributed by atoms with Gasteiger partial charge in [-0.05, 0) is 38.0 Å². The lowest BCUT2D eigenvalue weighted by atomic mass is 10.1. The van der Waals surface area contributed by atoms with E-state index in [0.717, 1.165) is 5.56 Å². The lowest BCUT2D eigenvalue weighted by molar-refractivity contribution is -0.132. The molecule has 118 valence electrons. The van der Waals surface area contributed by atoms with Gasteiger partial charge in [0.15, 0.2) is 0 Å². The Kier molecular flexibility index (Phi) is 6.08. The van der Waals surface area contributed by atoms with Gasteiger partial charge in [0.05, 0.1) is 5.60 Å². The summed E-state index contributed by atoms with van der Waals surface area (Å²) >= 11 is 0. The number of hydrogen-bond acceptors (Lipinski definition) is 3. The Hall–Kier alpha value is -1.69. The molecule has 0 aliphatic heterocycles. The number of benzene rings is 1. The number of nitrogens with zero attached hydrogens (tertiary/aromatic N) is 1. The normalized spacial score (nSPS) is 11.6. The Morgan fingerprint density at radius 3 is 2.38 bits per heavy atom. The van der Waals surface area contributed by atoms with Gasteiger partial charge in [-0.3, -0.25) is 4.79 Å². The second-order valence-corrected chi connectivity index (χ2v) is 5.58. The fourth-order valence-corrected chi connectivity index (χ4v) is 1.95. The van der Waals surface area contributed by atoms with Crippen molar-refractivity contribution in [2.24, 2.45) is 0 Å². The highest BCUT2D eigenvalue weighted by Gasteiger charge is 2.19. The van der Waals surface area contributed by atoms with Crippen LogP contribution in [0, 0.1) is 0 Å². The first-order chi connectivity index (χ1) is 9.67. The molecule has 4 nitrogen and oxygen atoms in total. The number of carbonyl (C=O) groups is 1. The Morgan fingerprint density at radius 1 is 1.33 bits per heavy atom.